The molecule has 0 aliphatic carbocycles. The zero-order valence-corrected chi connectivity index (χ0v) is 9.18. The molecular formula is C11H18N2O. The van der Waals surface area contributed by atoms with Crippen LogP contribution in [0, 0.1) is 12.3 Å². The molecule has 0 saturated carbocycles. The van der Waals surface area contributed by atoms with E-state index in [0.29, 0.717) is 17.0 Å². The van der Waals surface area contributed by atoms with Crippen LogP contribution in [0.1, 0.15) is 31.9 Å². The summed E-state index contributed by atoms with van der Waals surface area (Å²) in [6.45, 7) is 7.41. The van der Waals surface area contributed by atoms with Crippen LogP contribution in [-0.4, -0.2) is 10.8 Å². The van der Waals surface area contributed by atoms with Gasteiger partial charge in [0.25, 0.3) is 0 Å². The van der Waals surface area contributed by atoms with Gasteiger partial charge in [-0.05, 0) is 31.5 Å². The van der Waals surface area contributed by atoms with Gasteiger partial charge in [-0.2, -0.15) is 0 Å². The number of nitrogens with two attached hydrogens (primary N) is 1. The fraction of sp³-hybridized carbons (Fsp3) is 0.364. The molecule has 14 heavy (non-hydrogen) atoms. The van der Waals surface area contributed by atoms with E-state index in [4.69, 9.17) is 11.1 Å². The van der Waals surface area contributed by atoms with Crippen molar-refractivity contribution in [2.45, 2.75) is 27.7 Å². The van der Waals surface area contributed by atoms with Gasteiger partial charge in [-0.25, -0.2) is 0 Å². The molecule has 3 heteroatoms. The average molecular weight is 194 g/mol. The Kier molecular flexibility index (Phi) is 4.70. The van der Waals surface area contributed by atoms with E-state index in [9.17, 15) is 5.11 Å². The summed E-state index contributed by atoms with van der Waals surface area (Å²) < 4.78 is 0. The lowest BCUT2D eigenvalue weighted by Gasteiger charge is -2.06. The van der Waals surface area contributed by atoms with E-state index in [1.54, 1.807) is 19.9 Å². The third-order valence-electron chi connectivity index (χ3n) is 1.77. The molecular weight excluding hydrogens is 176 g/mol. The van der Waals surface area contributed by atoms with Gasteiger partial charge in [-0.1, -0.05) is 13.8 Å². The van der Waals surface area contributed by atoms with Crippen LogP contribution in [0.25, 0.3) is 0 Å². The molecule has 78 valence electrons. The number of nitrogen functional groups attached to an aromatic ring is 1. The molecule has 0 unspecified atom stereocenters. The molecule has 0 fully saturated rings. The lowest BCUT2D eigenvalue weighted by Crippen LogP contribution is -1.99. The van der Waals surface area contributed by atoms with E-state index in [-0.39, 0.29) is 5.75 Å². The van der Waals surface area contributed by atoms with E-state index >= 15 is 0 Å². The zero-order valence-electron chi connectivity index (χ0n) is 9.18. The molecule has 0 spiro atoms. The molecule has 0 bridgehead atoms. The van der Waals surface area contributed by atoms with Gasteiger partial charge in [0, 0.05) is 17.0 Å². The molecule has 0 aliphatic heterocycles. The second kappa shape index (κ2) is 5.27. The van der Waals surface area contributed by atoms with Gasteiger partial charge in [0.05, 0.1) is 0 Å². The van der Waals surface area contributed by atoms with Gasteiger partial charge in [-0.3, -0.25) is 0 Å². The molecule has 1 aromatic carbocycles. The van der Waals surface area contributed by atoms with Gasteiger partial charge in [0.2, 0.25) is 0 Å². The highest BCUT2D eigenvalue weighted by atomic mass is 16.3. The third-order valence-corrected chi connectivity index (χ3v) is 1.77. The maximum absolute atomic E-state index is 9.32. The van der Waals surface area contributed by atoms with Crippen molar-refractivity contribution in [2.24, 2.45) is 0 Å². The molecule has 0 saturated heterocycles. The monoisotopic (exact) mass is 194 g/mol. The number of nitrogens with one attached hydrogen (secondary N) is 1. The molecule has 3 nitrogen and oxygen atoms in total. The summed E-state index contributed by atoms with van der Waals surface area (Å²) in [6, 6.07) is 3.19. The first-order valence-electron chi connectivity index (χ1n) is 4.67. The second-order valence-electron chi connectivity index (χ2n) is 2.85. The number of benzene rings is 1. The van der Waals surface area contributed by atoms with E-state index in [1.165, 1.54) is 6.07 Å². The fourth-order valence-corrected chi connectivity index (χ4v) is 1.04. The number of hydrogen-bond acceptors (Lipinski definition) is 3. The van der Waals surface area contributed by atoms with Crippen LogP contribution < -0.4 is 5.73 Å². The Hall–Kier alpha value is -1.51. The summed E-state index contributed by atoms with van der Waals surface area (Å²) in [4.78, 5) is 0. The van der Waals surface area contributed by atoms with Gasteiger partial charge in [0.1, 0.15) is 5.75 Å². The summed E-state index contributed by atoms with van der Waals surface area (Å²) in [5.41, 5.74) is 7.87. The number of hydrogen-bond donors (Lipinski definition) is 3. The number of aromatic hydroxyl groups is 1. The summed E-state index contributed by atoms with van der Waals surface area (Å²) in [6.07, 6.45) is 0. The molecule has 4 N–H and O–H groups in total. The van der Waals surface area contributed by atoms with Crippen molar-refractivity contribution in [1.82, 2.24) is 0 Å². The van der Waals surface area contributed by atoms with Gasteiger partial charge in [-0.15, -0.1) is 0 Å². The molecule has 0 amide bonds. The van der Waals surface area contributed by atoms with Crippen LogP contribution in [0.4, 0.5) is 5.69 Å². The molecule has 1 rings (SSSR count). The molecule has 1 aromatic rings. The number of rotatable bonds is 1. The topological polar surface area (TPSA) is 70.1 Å². The van der Waals surface area contributed by atoms with Crippen molar-refractivity contribution < 1.29 is 5.11 Å². The van der Waals surface area contributed by atoms with Crippen molar-refractivity contribution in [2.75, 3.05) is 5.73 Å². The van der Waals surface area contributed by atoms with Gasteiger partial charge >= 0.3 is 0 Å². The summed E-state index contributed by atoms with van der Waals surface area (Å²) in [5, 5.41) is 16.7. The minimum absolute atomic E-state index is 0.186. The minimum Gasteiger partial charge on any atom is -0.508 e. The first kappa shape index (κ1) is 12.5. The Labute approximate surface area is 85.1 Å². The smallest absolute Gasteiger partial charge is 0.119 e. The predicted octanol–water partition coefficient (Wildman–Crippen LogP) is 2.70. The maximum atomic E-state index is 9.32. The number of phenols is 1. The van der Waals surface area contributed by atoms with Crippen LogP contribution in [0.5, 0.6) is 5.75 Å². The van der Waals surface area contributed by atoms with Crippen LogP contribution in [-0.2, 0) is 0 Å². The van der Waals surface area contributed by atoms with Crippen LogP contribution in [0.3, 0.4) is 0 Å². The van der Waals surface area contributed by atoms with Crippen molar-refractivity contribution in [3.05, 3.63) is 23.3 Å². The van der Waals surface area contributed by atoms with Crippen molar-refractivity contribution in [3.63, 3.8) is 0 Å². The van der Waals surface area contributed by atoms with Gasteiger partial charge < -0.3 is 16.2 Å². The lowest BCUT2D eigenvalue weighted by molar-refractivity contribution is 0.471. The highest BCUT2D eigenvalue weighted by Crippen LogP contribution is 2.23. The van der Waals surface area contributed by atoms with Crippen molar-refractivity contribution >= 4 is 11.4 Å². The van der Waals surface area contributed by atoms with E-state index in [1.807, 2.05) is 13.8 Å². The van der Waals surface area contributed by atoms with Crippen LogP contribution in [0.15, 0.2) is 12.1 Å². The highest BCUT2D eigenvalue weighted by molar-refractivity contribution is 6.01. The molecule has 0 aromatic heterocycles. The average Bonchev–Trinajstić information content (AvgIpc) is 2.14. The summed E-state index contributed by atoms with van der Waals surface area (Å²) in [7, 11) is 0. The SMILES string of the molecule is CC.CC(=N)c1cc(O)c(C)cc1N. The number of anilines is 1. The van der Waals surface area contributed by atoms with Gasteiger partial charge in [0.15, 0.2) is 0 Å². The highest BCUT2D eigenvalue weighted by Gasteiger charge is 2.04. The number of aryl methyl sites for hydroxylation is 1. The summed E-state index contributed by atoms with van der Waals surface area (Å²) in [5.74, 6) is 0.186. The van der Waals surface area contributed by atoms with E-state index in [2.05, 4.69) is 0 Å². The zero-order chi connectivity index (χ0) is 11.3. The van der Waals surface area contributed by atoms with Crippen molar-refractivity contribution in [3.8, 4) is 5.75 Å². The van der Waals surface area contributed by atoms with Crippen LogP contribution >= 0.6 is 0 Å². The normalized spacial score (nSPS) is 8.86. The number of phenolic OH excluding ortho intramolecular Hbond substituents is 1. The lowest BCUT2D eigenvalue weighted by atomic mass is 10.1. The quantitative estimate of drug-likeness (QED) is 0.365. The van der Waals surface area contributed by atoms with E-state index in [0.717, 1.165) is 5.56 Å². The molecule has 0 atom stereocenters. The molecule has 0 aliphatic rings. The predicted molar refractivity (Wildman–Crippen MR) is 61.1 cm³/mol. The minimum atomic E-state index is 0.186. The molecule has 0 radical (unpaired) electrons. The van der Waals surface area contributed by atoms with E-state index < -0.39 is 0 Å². The summed E-state index contributed by atoms with van der Waals surface area (Å²) >= 11 is 0. The Balaban J connectivity index is 0.000000791. The Morgan fingerprint density at radius 2 is 1.86 bits per heavy atom. The Morgan fingerprint density at radius 1 is 1.36 bits per heavy atom. The fourth-order valence-electron chi connectivity index (χ4n) is 1.04. The Morgan fingerprint density at radius 3 is 2.29 bits per heavy atom. The second-order valence-corrected chi connectivity index (χ2v) is 2.85. The standard InChI is InChI=1S/C9H12N2O.C2H6/c1-5-3-8(11)7(6(2)10)4-9(5)12;1-2/h3-4,10,12H,11H2,1-2H3;1-2H3. The van der Waals surface area contributed by atoms with Crippen LogP contribution in [0.2, 0.25) is 0 Å². The largest absolute Gasteiger partial charge is 0.508 e. The molecule has 0 heterocycles. The van der Waals surface area contributed by atoms with Crippen molar-refractivity contribution in [1.29, 1.82) is 5.41 Å². The maximum Gasteiger partial charge on any atom is 0.119 e. The third kappa shape index (κ3) is 2.76. The first-order chi connectivity index (χ1) is 6.52. The first-order valence-corrected chi connectivity index (χ1v) is 4.67. The Bertz CT molecular complexity index is 332.